The van der Waals surface area contributed by atoms with Crippen LogP contribution >= 0.6 is 0 Å². The highest BCUT2D eigenvalue weighted by molar-refractivity contribution is 6.04. The highest BCUT2D eigenvalue weighted by Crippen LogP contribution is 2.20. The van der Waals surface area contributed by atoms with Crippen LogP contribution in [0.3, 0.4) is 0 Å². The molecular formula is C13H13NO5. The van der Waals surface area contributed by atoms with Crippen molar-refractivity contribution in [3.8, 4) is 0 Å². The number of carbonyl (C=O) groups is 3. The van der Waals surface area contributed by atoms with E-state index in [2.05, 4.69) is 0 Å². The van der Waals surface area contributed by atoms with Crippen LogP contribution in [0.5, 0.6) is 0 Å². The number of aliphatic carboxylic acids is 1. The summed E-state index contributed by atoms with van der Waals surface area (Å²) in [5, 5.41) is 17.9. The minimum absolute atomic E-state index is 0.0636. The van der Waals surface area contributed by atoms with Crippen molar-refractivity contribution in [2.75, 3.05) is 13.1 Å². The van der Waals surface area contributed by atoms with Crippen molar-refractivity contribution in [1.29, 1.82) is 0 Å². The zero-order valence-corrected chi connectivity index (χ0v) is 10.1. The van der Waals surface area contributed by atoms with Gasteiger partial charge in [0.25, 0.3) is 5.91 Å². The number of aromatic carboxylic acids is 1. The first-order valence-corrected chi connectivity index (χ1v) is 5.85. The molecule has 1 fully saturated rings. The number of nitrogens with zero attached hydrogens (tertiary/aromatic N) is 1. The Hall–Kier alpha value is -2.37. The Balaban J connectivity index is 2.22. The van der Waals surface area contributed by atoms with Gasteiger partial charge < -0.3 is 15.1 Å². The first kappa shape index (κ1) is 13.1. The molecule has 19 heavy (non-hydrogen) atoms. The molecule has 2 N–H and O–H groups in total. The van der Waals surface area contributed by atoms with Gasteiger partial charge >= 0.3 is 11.9 Å². The second-order valence-electron chi connectivity index (χ2n) is 4.43. The molecule has 0 bridgehead atoms. The Morgan fingerprint density at radius 3 is 2.26 bits per heavy atom. The monoisotopic (exact) mass is 263 g/mol. The molecule has 1 aliphatic heterocycles. The molecule has 1 saturated heterocycles. The molecule has 0 radical (unpaired) electrons. The van der Waals surface area contributed by atoms with Gasteiger partial charge in [-0.05, 0) is 18.6 Å². The number of hydrogen-bond acceptors (Lipinski definition) is 3. The zero-order chi connectivity index (χ0) is 14.0. The average molecular weight is 263 g/mol. The summed E-state index contributed by atoms with van der Waals surface area (Å²) in [6.07, 6.45) is 0.399. The second-order valence-corrected chi connectivity index (χ2v) is 4.43. The van der Waals surface area contributed by atoms with Gasteiger partial charge in [0.15, 0.2) is 0 Å². The lowest BCUT2D eigenvalue weighted by molar-refractivity contribution is -0.141. The molecule has 6 nitrogen and oxygen atoms in total. The summed E-state index contributed by atoms with van der Waals surface area (Å²) in [4.78, 5) is 35.5. The Labute approximate surface area is 109 Å². The van der Waals surface area contributed by atoms with E-state index in [4.69, 9.17) is 10.2 Å². The summed E-state index contributed by atoms with van der Waals surface area (Å²) in [5.74, 6) is -3.09. The molecule has 0 aliphatic carbocycles. The highest BCUT2D eigenvalue weighted by Gasteiger charge is 2.32. The van der Waals surface area contributed by atoms with Crippen LogP contribution in [0.15, 0.2) is 24.3 Å². The third kappa shape index (κ3) is 2.57. The predicted octanol–water partition coefficient (Wildman–Crippen LogP) is 0.932. The van der Waals surface area contributed by atoms with Crippen molar-refractivity contribution in [2.24, 2.45) is 5.92 Å². The number of amides is 1. The van der Waals surface area contributed by atoms with Gasteiger partial charge in [-0.15, -0.1) is 0 Å². The van der Waals surface area contributed by atoms with Crippen molar-refractivity contribution in [2.45, 2.75) is 6.42 Å². The lowest BCUT2D eigenvalue weighted by Crippen LogP contribution is -2.31. The van der Waals surface area contributed by atoms with Crippen LogP contribution in [-0.4, -0.2) is 46.0 Å². The van der Waals surface area contributed by atoms with Crippen LogP contribution in [0.4, 0.5) is 0 Å². The zero-order valence-electron chi connectivity index (χ0n) is 10.1. The predicted molar refractivity (Wildman–Crippen MR) is 65.0 cm³/mol. The quantitative estimate of drug-likeness (QED) is 0.846. The van der Waals surface area contributed by atoms with E-state index in [0.717, 1.165) is 0 Å². The maximum atomic E-state index is 12.2. The number of likely N-dealkylation sites (tertiary alicyclic amines) is 1. The van der Waals surface area contributed by atoms with Gasteiger partial charge in [-0.25, -0.2) is 4.79 Å². The Morgan fingerprint density at radius 2 is 1.74 bits per heavy atom. The van der Waals surface area contributed by atoms with Crippen LogP contribution in [0.2, 0.25) is 0 Å². The van der Waals surface area contributed by atoms with Crippen molar-refractivity contribution < 1.29 is 24.6 Å². The third-order valence-electron chi connectivity index (χ3n) is 3.21. The number of benzene rings is 1. The molecular weight excluding hydrogens is 250 g/mol. The average Bonchev–Trinajstić information content (AvgIpc) is 2.87. The summed E-state index contributed by atoms with van der Waals surface area (Å²) in [5.41, 5.74) is 0.0345. The smallest absolute Gasteiger partial charge is 0.336 e. The summed E-state index contributed by atoms with van der Waals surface area (Å²) in [6, 6.07) is 5.94. The van der Waals surface area contributed by atoms with E-state index in [9.17, 15) is 14.4 Å². The van der Waals surface area contributed by atoms with Gasteiger partial charge in [-0.1, -0.05) is 12.1 Å². The van der Waals surface area contributed by atoms with Crippen LogP contribution in [0, 0.1) is 5.92 Å². The fourth-order valence-corrected chi connectivity index (χ4v) is 2.17. The number of hydrogen-bond donors (Lipinski definition) is 2. The largest absolute Gasteiger partial charge is 0.481 e. The van der Waals surface area contributed by atoms with Gasteiger partial charge in [-0.3, -0.25) is 9.59 Å². The Bertz CT molecular complexity index is 540. The van der Waals surface area contributed by atoms with E-state index in [1.165, 1.54) is 17.0 Å². The van der Waals surface area contributed by atoms with E-state index in [-0.39, 0.29) is 17.7 Å². The SMILES string of the molecule is O=C(O)c1ccccc1C(=O)N1CCC(C(=O)O)C1. The molecule has 0 spiro atoms. The molecule has 1 atom stereocenters. The van der Waals surface area contributed by atoms with Gasteiger partial charge in [-0.2, -0.15) is 0 Å². The third-order valence-corrected chi connectivity index (χ3v) is 3.21. The van der Waals surface area contributed by atoms with Crippen molar-refractivity contribution in [1.82, 2.24) is 4.90 Å². The molecule has 2 rings (SSSR count). The fourth-order valence-electron chi connectivity index (χ4n) is 2.17. The molecule has 1 aromatic carbocycles. The van der Waals surface area contributed by atoms with E-state index >= 15 is 0 Å². The fraction of sp³-hybridized carbons (Fsp3) is 0.308. The van der Waals surface area contributed by atoms with E-state index in [1.807, 2.05) is 0 Å². The molecule has 1 amide bonds. The number of rotatable bonds is 3. The van der Waals surface area contributed by atoms with E-state index in [1.54, 1.807) is 12.1 Å². The van der Waals surface area contributed by atoms with Crippen LogP contribution in [0.1, 0.15) is 27.1 Å². The maximum Gasteiger partial charge on any atom is 0.336 e. The number of carbonyl (C=O) groups excluding carboxylic acids is 1. The van der Waals surface area contributed by atoms with Gasteiger partial charge in [0.05, 0.1) is 17.0 Å². The molecule has 6 heteroatoms. The van der Waals surface area contributed by atoms with Crippen LogP contribution in [-0.2, 0) is 4.79 Å². The molecule has 1 aromatic rings. The minimum Gasteiger partial charge on any atom is -0.481 e. The molecule has 100 valence electrons. The maximum absolute atomic E-state index is 12.2. The molecule has 0 aromatic heterocycles. The first-order chi connectivity index (χ1) is 9.00. The molecule has 1 unspecified atom stereocenters. The second kappa shape index (κ2) is 5.09. The van der Waals surface area contributed by atoms with E-state index < -0.39 is 23.8 Å². The van der Waals surface area contributed by atoms with Crippen molar-refractivity contribution in [3.05, 3.63) is 35.4 Å². The Morgan fingerprint density at radius 1 is 1.11 bits per heavy atom. The summed E-state index contributed by atoms with van der Waals surface area (Å²) in [7, 11) is 0. The summed E-state index contributed by atoms with van der Waals surface area (Å²) < 4.78 is 0. The van der Waals surface area contributed by atoms with E-state index in [0.29, 0.717) is 13.0 Å². The molecule has 0 saturated carbocycles. The van der Waals surface area contributed by atoms with Crippen LogP contribution in [0.25, 0.3) is 0 Å². The lowest BCUT2D eigenvalue weighted by Gasteiger charge is -2.16. The van der Waals surface area contributed by atoms with Gasteiger partial charge in [0.1, 0.15) is 0 Å². The topological polar surface area (TPSA) is 94.9 Å². The molecule has 1 heterocycles. The number of carboxylic acids is 2. The summed E-state index contributed by atoms with van der Waals surface area (Å²) >= 11 is 0. The molecule has 1 aliphatic rings. The Kier molecular flexibility index (Phi) is 3.50. The normalized spacial score (nSPS) is 18.3. The first-order valence-electron chi connectivity index (χ1n) is 5.85. The lowest BCUT2D eigenvalue weighted by atomic mass is 10.1. The van der Waals surface area contributed by atoms with Crippen molar-refractivity contribution >= 4 is 17.8 Å². The standard InChI is InChI=1S/C13H13NO5/c15-11(14-6-5-8(7-14)12(16)17)9-3-1-2-4-10(9)13(18)19/h1-4,8H,5-7H2,(H,16,17)(H,18,19). The van der Waals surface area contributed by atoms with Gasteiger partial charge in [0, 0.05) is 13.1 Å². The van der Waals surface area contributed by atoms with Crippen LogP contribution < -0.4 is 0 Å². The van der Waals surface area contributed by atoms with Gasteiger partial charge in [0.2, 0.25) is 0 Å². The summed E-state index contributed by atoms with van der Waals surface area (Å²) in [6.45, 7) is 0.464. The number of carboxylic acid groups (broad SMARTS) is 2. The highest BCUT2D eigenvalue weighted by atomic mass is 16.4. The minimum atomic E-state index is -1.17. The van der Waals surface area contributed by atoms with Crippen molar-refractivity contribution in [3.63, 3.8) is 0 Å².